The standard InChI is InChI=1S/C38H48O9/c1-4-41-31-23-30(29-17-19-35-36(25-29)47-27-46-35)24-32(26-31)44-21-10-8-7-9-13-28-14-11-15-34(33(28)18-20-38(40)43-6-3)45-22-12-16-37(39)42-5-2/h11,14-15,17,19,23-26H,4-10,12-13,16,18,20-22,27H2,1-3H3. The second kappa shape index (κ2) is 19.3. The Bertz CT molecular complexity index is 1430. The molecule has 4 rings (SSSR count). The molecule has 0 radical (unpaired) electrons. The number of unbranched alkanes of at least 4 members (excludes halogenated alkanes) is 3. The highest BCUT2D eigenvalue weighted by atomic mass is 16.7. The van der Waals surface area contributed by atoms with Crippen LogP contribution in [0.2, 0.25) is 0 Å². The summed E-state index contributed by atoms with van der Waals surface area (Å²) in [5.41, 5.74) is 4.21. The van der Waals surface area contributed by atoms with E-state index in [1.807, 2.05) is 62.4 Å². The number of hydrogen-bond donors (Lipinski definition) is 0. The number of esters is 2. The lowest BCUT2D eigenvalue weighted by molar-refractivity contribution is -0.144. The smallest absolute Gasteiger partial charge is 0.306 e. The van der Waals surface area contributed by atoms with E-state index < -0.39 is 0 Å². The fourth-order valence-electron chi connectivity index (χ4n) is 5.47. The Labute approximate surface area is 278 Å². The molecule has 0 aliphatic carbocycles. The van der Waals surface area contributed by atoms with Crippen molar-refractivity contribution in [2.45, 2.75) is 78.6 Å². The molecule has 9 heteroatoms. The molecule has 1 aliphatic heterocycles. The summed E-state index contributed by atoms with van der Waals surface area (Å²) >= 11 is 0. The van der Waals surface area contributed by atoms with Gasteiger partial charge in [-0.15, -0.1) is 0 Å². The predicted molar refractivity (Wildman–Crippen MR) is 180 cm³/mol. The summed E-state index contributed by atoms with van der Waals surface area (Å²) < 4.78 is 39.3. The Hall–Kier alpha value is -4.40. The molecule has 1 heterocycles. The minimum atomic E-state index is -0.220. The summed E-state index contributed by atoms with van der Waals surface area (Å²) in [5.74, 6) is 3.35. The van der Waals surface area contributed by atoms with E-state index in [0.717, 1.165) is 77.5 Å². The Morgan fingerprint density at radius 2 is 1.36 bits per heavy atom. The summed E-state index contributed by atoms with van der Waals surface area (Å²) in [6.07, 6.45) is 6.62. The largest absolute Gasteiger partial charge is 0.494 e. The van der Waals surface area contributed by atoms with Gasteiger partial charge in [0.25, 0.3) is 0 Å². The molecule has 3 aromatic carbocycles. The summed E-state index contributed by atoms with van der Waals surface area (Å²) in [4.78, 5) is 23.8. The Morgan fingerprint density at radius 3 is 2.15 bits per heavy atom. The molecule has 0 spiro atoms. The third kappa shape index (κ3) is 11.4. The van der Waals surface area contributed by atoms with E-state index >= 15 is 0 Å². The molecule has 1 aliphatic rings. The van der Waals surface area contributed by atoms with Crippen LogP contribution in [0.3, 0.4) is 0 Å². The van der Waals surface area contributed by atoms with Gasteiger partial charge in [-0.2, -0.15) is 0 Å². The minimum absolute atomic E-state index is 0.217. The van der Waals surface area contributed by atoms with Crippen LogP contribution in [-0.4, -0.2) is 51.8 Å². The van der Waals surface area contributed by atoms with E-state index in [-0.39, 0.29) is 18.7 Å². The SMILES string of the molecule is CCOC(=O)CCCOc1cccc(CCCCCCOc2cc(OCC)cc(-c3ccc4c(c3)OCO4)c2)c1CCC(=O)OCC. The highest BCUT2D eigenvalue weighted by Crippen LogP contribution is 2.38. The topological polar surface area (TPSA) is 98.8 Å². The second-order valence-electron chi connectivity index (χ2n) is 11.2. The van der Waals surface area contributed by atoms with Gasteiger partial charge in [0, 0.05) is 18.9 Å². The van der Waals surface area contributed by atoms with Crippen molar-refractivity contribution >= 4 is 11.9 Å². The zero-order chi connectivity index (χ0) is 33.3. The van der Waals surface area contributed by atoms with Gasteiger partial charge in [0.05, 0.1) is 33.0 Å². The zero-order valence-corrected chi connectivity index (χ0v) is 28.0. The minimum Gasteiger partial charge on any atom is -0.494 e. The van der Waals surface area contributed by atoms with Crippen molar-refractivity contribution in [2.75, 3.05) is 39.8 Å². The van der Waals surface area contributed by atoms with Crippen LogP contribution in [0.4, 0.5) is 0 Å². The predicted octanol–water partition coefficient (Wildman–Crippen LogP) is 7.88. The van der Waals surface area contributed by atoms with Crippen molar-refractivity contribution in [3.8, 4) is 39.9 Å². The van der Waals surface area contributed by atoms with Gasteiger partial charge in [-0.05, 0) is 105 Å². The van der Waals surface area contributed by atoms with Crippen LogP contribution < -0.4 is 23.7 Å². The second-order valence-corrected chi connectivity index (χ2v) is 11.2. The highest BCUT2D eigenvalue weighted by Gasteiger charge is 2.16. The van der Waals surface area contributed by atoms with E-state index in [1.54, 1.807) is 6.92 Å². The van der Waals surface area contributed by atoms with Gasteiger partial charge >= 0.3 is 11.9 Å². The molecule has 0 atom stereocenters. The average molecular weight is 649 g/mol. The van der Waals surface area contributed by atoms with Crippen molar-refractivity contribution in [1.82, 2.24) is 0 Å². The number of benzene rings is 3. The van der Waals surface area contributed by atoms with Crippen molar-refractivity contribution in [3.05, 3.63) is 65.7 Å². The molecule has 0 unspecified atom stereocenters. The first-order valence-corrected chi connectivity index (χ1v) is 16.9. The van der Waals surface area contributed by atoms with Crippen molar-refractivity contribution in [1.29, 1.82) is 0 Å². The number of fused-ring (bicyclic) bond motifs is 1. The van der Waals surface area contributed by atoms with Crippen molar-refractivity contribution < 1.29 is 42.7 Å². The molecular formula is C38H48O9. The van der Waals surface area contributed by atoms with Gasteiger partial charge in [0.15, 0.2) is 11.5 Å². The lowest BCUT2D eigenvalue weighted by atomic mass is 9.96. The monoisotopic (exact) mass is 648 g/mol. The first kappa shape index (κ1) is 35.5. The molecule has 0 fully saturated rings. The summed E-state index contributed by atoms with van der Waals surface area (Å²) in [6, 6.07) is 17.9. The first-order valence-electron chi connectivity index (χ1n) is 16.9. The van der Waals surface area contributed by atoms with E-state index in [9.17, 15) is 9.59 Å². The number of carbonyl (C=O) groups excluding carboxylic acids is 2. The molecule has 254 valence electrons. The number of ether oxygens (including phenoxy) is 7. The van der Waals surface area contributed by atoms with Gasteiger partial charge in [-0.1, -0.05) is 31.0 Å². The normalized spacial score (nSPS) is 11.6. The Morgan fingerprint density at radius 1 is 0.638 bits per heavy atom. The molecule has 0 bridgehead atoms. The first-order chi connectivity index (χ1) is 23.0. The van der Waals surface area contributed by atoms with Crippen LogP contribution in [0, 0.1) is 0 Å². The summed E-state index contributed by atoms with van der Waals surface area (Å²) in [6.45, 7) is 8.13. The summed E-state index contributed by atoms with van der Waals surface area (Å²) in [5, 5.41) is 0. The van der Waals surface area contributed by atoms with E-state index in [0.29, 0.717) is 58.7 Å². The number of carbonyl (C=O) groups is 2. The van der Waals surface area contributed by atoms with Gasteiger partial charge in [-0.25, -0.2) is 0 Å². The summed E-state index contributed by atoms with van der Waals surface area (Å²) in [7, 11) is 0. The van der Waals surface area contributed by atoms with E-state index in [4.69, 9.17) is 33.2 Å². The maximum atomic E-state index is 12.1. The van der Waals surface area contributed by atoms with Gasteiger partial charge < -0.3 is 33.2 Å². The molecule has 0 saturated heterocycles. The fourth-order valence-corrected chi connectivity index (χ4v) is 5.47. The fraction of sp³-hybridized carbons (Fsp3) is 0.474. The number of rotatable bonds is 21. The lowest BCUT2D eigenvalue weighted by Crippen LogP contribution is -2.10. The number of hydrogen-bond acceptors (Lipinski definition) is 9. The van der Waals surface area contributed by atoms with E-state index in [2.05, 4.69) is 6.07 Å². The van der Waals surface area contributed by atoms with Crippen molar-refractivity contribution in [3.63, 3.8) is 0 Å². The quantitative estimate of drug-likeness (QED) is 0.0844. The van der Waals surface area contributed by atoms with Crippen LogP contribution in [0.5, 0.6) is 28.7 Å². The molecule has 3 aromatic rings. The van der Waals surface area contributed by atoms with E-state index in [1.165, 1.54) is 5.56 Å². The van der Waals surface area contributed by atoms with Crippen LogP contribution in [-0.2, 0) is 31.9 Å². The van der Waals surface area contributed by atoms with Crippen LogP contribution >= 0.6 is 0 Å². The zero-order valence-electron chi connectivity index (χ0n) is 28.0. The molecule has 0 aromatic heterocycles. The van der Waals surface area contributed by atoms with Gasteiger partial charge in [0.2, 0.25) is 6.79 Å². The maximum absolute atomic E-state index is 12.1. The Kier molecular flexibility index (Phi) is 14.6. The van der Waals surface area contributed by atoms with Gasteiger partial charge in [-0.3, -0.25) is 9.59 Å². The Balaban J connectivity index is 1.27. The molecule has 9 nitrogen and oxygen atoms in total. The van der Waals surface area contributed by atoms with Crippen LogP contribution in [0.15, 0.2) is 54.6 Å². The molecule has 0 saturated carbocycles. The molecule has 47 heavy (non-hydrogen) atoms. The molecule has 0 amide bonds. The number of aryl methyl sites for hydroxylation is 1. The average Bonchev–Trinajstić information content (AvgIpc) is 3.54. The van der Waals surface area contributed by atoms with Crippen LogP contribution in [0.1, 0.15) is 76.8 Å². The van der Waals surface area contributed by atoms with Gasteiger partial charge in [0.1, 0.15) is 17.2 Å². The highest BCUT2D eigenvalue weighted by molar-refractivity contribution is 5.71. The third-order valence-corrected chi connectivity index (χ3v) is 7.71. The lowest BCUT2D eigenvalue weighted by Gasteiger charge is -2.16. The van der Waals surface area contributed by atoms with Crippen molar-refractivity contribution in [2.24, 2.45) is 0 Å². The van der Waals surface area contributed by atoms with Crippen LogP contribution in [0.25, 0.3) is 11.1 Å². The molecular weight excluding hydrogens is 600 g/mol. The third-order valence-electron chi connectivity index (χ3n) is 7.71. The molecule has 0 N–H and O–H groups in total. The maximum Gasteiger partial charge on any atom is 0.306 e.